The summed E-state index contributed by atoms with van der Waals surface area (Å²) in [5.41, 5.74) is 2.78. The van der Waals surface area contributed by atoms with Gasteiger partial charge in [-0.25, -0.2) is 4.98 Å². The Morgan fingerprint density at radius 3 is 2.83 bits per heavy atom. The number of nitrogens with zero attached hydrogens (tertiary/aromatic N) is 4. The molecule has 1 aliphatic rings. The SMILES string of the molecule is COc1cccc(-c2cc(C(=O)NCCn3cnc(C4CC4)cc3=O)n(C)n2)c1. The molecule has 2 heterocycles. The number of carbonyl (C=O) groups excluding carboxylic acids is 1. The molecule has 8 nitrogen and oxygen atoms in total. The lowest BCUT2D eigenvalue weighted by atomic mass is 10.1. The van der Waals surface area contributed by atoms with Crippen LogP contribution in [-0.4, -0.2) is 38.9 Å². The van der Waals surface area contributed by atoms with E-state index in [9.17, 15) is 9.59 Å². The number of hydrogen-bond acceptors (Lipinski definition) is 5. The number of amides is 1. The van der Waals surface area contributed by atoms with Gasteiger partial charge in [0.05, 0.1) is 24.8 Å². The normalized spacial score (nSPS) is 13.3. The molecule has 4 rings (SSSR count). The molecule has 3 aromatic rings. The summed E-state index contributed by atoms with van der Waals surface area (Å²) >= 11 is 0. The van der Waals surface area contributed by atoms with Crippen LogP contribution in [0.1, 0.15) is 34.9 Å². The first kappa shape index (κ1) is 18.9. The predicted molar refractivity (Wildman–Crippen MR) is 108 cm³/mol. The van der Waals surface area contributed by atoms with Gasteiger partial charge in [-0.1, -0.05) is 12.1 Å². The van der Waals surface area contributed by atoms with Crippen LogP contribution in [0.15, 0.2) is 47.5 Å². The molecule has 1 saturated carbocycles. The number of benzene rings is 1. The van der Waals surface area contributed by atoms with Gasteiger partial charge in [0.15, 0.2) is 0 Å². The maximum atomic E-state index is 12.6. The molecule has 0 saturated heterocycles. The van der Waals surface area contributed by atoms with Crippen LogP contribution < -0.4 is 15.6 Å². The number of carbonyl (C=O) groups is 1. The molecule has 150 valence electrons. The molecule has 29 heavy (non-hydrogen) atoms. The lowest BCUT2D eigenvalue weighted by Crippen LogP contribution is -2.32. The topological polar surface area (TPSA) is 91.0 Å². The van der Waals surface area contributed by atoms with Crippen molar-refractivity contribution < 1.29 is 9.53 Å². The molecule has 0 spiro atoms. The zero-order valence-corrected chi connectivity index (χ0v) is 16.5. The minimum absolute atomic E-state index is 0.0861. The molecule has 1 aromatic carbocycles. The number of hydrogen-bond donors (Lipinski definition) is 1. The summed E-state index contributed by atoms with van der Waals surface area (Å²) in [6, 6.07) is 10.9. The maximum absolute atomic E-state index is 12.6. The highest BCUT2D eigenvalue weighted by atomic mass is 16.5. The van der Waals surface area contributed by atoms with Crippen molar-refractivity contribution in [3.05, 3.63) is 64.5 Å². The van der Waals surface area contributed by atoms with Gasteiger partial charge in [0, 0.05) is 37.7 Å². The van der Waals surface area contributed by atoms with Gasteiger partial charge in [-0.05, 0) is 31.0 Å². The van der Waals surface area contributed by atoms with Gasteiger partial charge in [0.1, 0.15) is 11.4 Å². The Morgan fingerprint density at radius 2 is 2.10 bits per heavy atom. The Balaban J connectivity index is 1.40. The highest BCUT2D eigenvalue weighted by Crippen LogP contribution is 2.38. The van der Waals surface area contributed by atoms with Crippen LogP contribution in [0.25, 0.3) is 11.3 Å². The minimum atomic E-state index is -0.246. The summed E-state index contributed by atoms with van der Waals surface area (Å²) < 4.78 is 8.30. The van der Waals surface area contributed by atoms with Crippen molar-refractivity contribution in [1.29, 1.82) is 0 Å². The van der Waals surface area contributed by atoms with Crippen molar-refractivity contribution >= 4 is 5.91 Å². The van der Waals surface area contributed by atoms with E-state index in [0.717, 1.165) is 29.8 Å². The molecule has 0 radical (unpaired) electrons. The fraction of sp³-hybridized carbons (Fsp3) is 0.333. The van der Waals surface area contributed by atoms with Crippen LogP contribution in [0.2, 0.25) is 0 Å². The second kappa shape index (κ2) is 7.90. The summed E-state index contributed by atoms with van der Waals surface area (Å²) in [5, 5.41) is 7.27. The number of methoxy groups -OCH3 is 1. The van der Waals surface area contributed by atoms with E-state index in [-0.39, 0.29) is 11.5 Å². The van der Waals surface area contributed by atoms with E-state index in [1.165, 1.54) is 4.57 Å². The van der Waals surface area contributed by atoms with Gasteiger partial charge < -0.3 is 10.1 Å². The van der Waals surface area contributed by atoms with Crippen molar-refractivity contribution in [3.63, 3.8) is 0 Å². The van der Waals surface area contributed by atoms with Crippen molar-refractivity contribution in [1.82, 2.24) is 24.6 Å². The van der Waals surface area contributed by atoms with Crippen molar-refractivity contribution in [2.75, 3.05) is 13.7 Å². The van der Waals surface area contributed by atoms with E-state index in [4.69, 9.17) is 4.74 Å². The largest absolute Gasteiger partial charge is 0.497 e. The highest BCUT2D eigenvalue weighted by Gasteiger charge is 2.25. The van der Waals surface area contributed by atoms with E-state index in [2.05, 4.69) is 15.4 Å². The molecule has 0 unspecified atom stereocenters. The van der Waals surface area contributed by atoms with E-state index >= 15 is 0 Å². The number of nitrogens with one attached hydrogen (secondary N) is 1. The summed E-state index contributed by atoms with van der Waals surface area (Å²) in [7, 11) is 3.33. The minimum Gasteiger partial charge on any atom is -0.497 e. The zero-order chi connectivity index (χ0) is 20.4. The summed E-state index contributed by atoms with van der Waals surface area (Å²) in [5.74, 6) is 0.927. The second-order valence-electron chi connectivity index (χ2n) is 7.15. The molecule has 1 aliphatic carbocycles. The van der Waals surface area contributed by atoms with Gasteiger partial charge in [-0.3, -0.25) is 18.8 Å². The van der Waals surface area contributed by atoms with E-state index in [1.54, 1.807) is 37.3 Å². The number of aromatic nitrogens is 4. The third kappa shape index (κ3) is 4.21. The third-order valence-electron chi connectivity index (χ3n) is 5.01. The third-order valence-corrected chi connectivity index (χ3v) is 5.01. The molecular weight excluding hydrogens is 370 g/mol. The molecule has 1 fully saturated rings. The van der Waals surface area contributed by atoms with Gasteiger partial charge in [-0.15, -0.1) is 0 Å². The number of ether oxygens (including phenoxy) is 1. The summed E-state index contributed by atoms with van der Waals surface area (Å²) in [4.78, 5) is 29.1. The quantitative estimate of drug-likeness (QED) is 0.663. The summed E-state index contributed by atoms with van der Waals surface area (Å²) in [6.07, 6.45) is 3.77. The molecule has 1 amide bonds. The molecular formula is C21H23N5O3. The van der Waals surface area contributed by atoms with Crippen LogP contribution >= 0.6 is 0 Å². The molecule has 0 aliphatic heterocycles. The zero-order valence-electron chi connectivity index (χ0n) is 16.5. The molecule has 1 N–H and O–H groups in total. The Labute approximate surface area is 168 Å². The molecule has 0 atom stereocenters. The lowest BCUT2D eigenvalue weighted by Gasteiger charge is -2.08. The number of aryl methyl sites for hydroxylation is 1. The van der Waals surface area contributed by atoms with Crippen molar-refractivity contribution in [3.8, 4) is 17.0 Å². The molecule has 8 heteroatoms. The average Bonchev–Trinajstić information content (AvgIpc) is 3.50. The van der Waals surface area contributed by atoms with Crippen LogP contribution in [-0.2, 0) is 13.6 Å². The van der Waals surface area contributed by atoms with Gasteiger partial charge in [0.25, 0.3) is 11.5 Å². The van der Waals surface area contributed by atoms with E-state index in [1.807, 2.05) is 24.3 Å². The Morgan fingerprint density at radius 1 is 1.28 bits per heavy atom. The smallest absolute Gasteiger partial charge is 0.269 e. The fourth-order valence-electron chi connectivity index (χ4n) is 3.19. The Hall–Kier alpha value is -3.42. The first-order valence-corrected chi connectivity index (χ1v) is 9.58. The van der Waals surface area contributed by atoms with Crippen LogP contribution in [0.5, 0.6) is 5.75 Å². The Kier molecular flexibility index (Phi) is 5.16. The second-order valence-corrected chi connectivity index (χ2v) is 7.15. The van der Waals surface area contributed by atoms with Crippen LogP contribution in [0, 0.1) is 0 Å². The fourth-order valence-corrected chi connectivity index (χ4v) is 3.19. The van der Waals surface area contributed by atoms with Crippen LogP contribution in [0.4, 0.5) is 0 Å². The standard InChI is InChI=1S/C21H23N5O3/c1-25-19(11-18(24-25)15-4-3-5-16(10-15)29-2)21(28)22-8-9-26-13-23-17(12-20(26)27)14-6-7-14/h3-5,10-14H,6-9H2,1-2H3,(H,22,28). The predicted octanol–water partition coefficient (Wildman–Crippen LogP) is 1.96. The average molecular weight is 393 g/mol. The van der Waals surface area contributed by atoms with Gasteiger partial charge in [-0.2, -0.15) is 5.10 Å². The van der Waals surface area contributed by atoms with Gasteiger partial charge >= 0.3 is 0 Å². The molecule has 2 aromatic heterocycles. The van der Waals surface area contributed by atoms with E-state index in [0.29, 0.717) is 30.4 Å². The first-order valence-electron chi connectivity index (χ1n) is 9.58. The first-order chi connectivity index (χ1) is 14.0. The van der Waals surface area contributed by atoms with E-state index < -0.39 is 0 Å². The summed E-state index contributed by atoms with van der Waals surface area (Å²) in [6.45, 7) is 0.686. The van der Waals surface area contributed by atoms with Crippen molar-refractivity contribution in [2.24, 2.45) is 7.05 Å². The maximum Gasteiger partial charge on any atom is 0.269 e. The van der Waals surface area contributed by atoms with Gasteiger partial charge in [0.2, 0.25) is 0 Å². The van der Waals surface area contributed by atoms with Crippen molar-refractivity contribution in [2.45, 2.75) is 25.3 Å². The number of rotatable bonds is 7. The molecule has 0 bridgehead atoms. The van der Waals surface area contributed by atoms with Crippen LogP contribution in [0.3, 0.4) is 0 Å². The Bertz CT molecular complexity index is 1100. The monoisotopic (exact) mass is 393 g/mol. The lowest BCUT2D eigenvalue weighted by molar-refractivity contribution is 0.0942. The highest BCUT2D eigenvalue weighted by molar-refractivity contribution is 5.93.